The van der Waals surface area contributed by atoms with Crippen LogP contribution in [0.15, 0.2) is 60.8 Å². The third kappa shape index (κ3) is 5.06. The summed E-state index contributed by atoms with van der Waals surface area (Å²) >= 11 is 0. The number of hydrogen-bond donors (Lipinski definition) is 0. The van der Waals surface area contributed by atoms with Crippen LogP contribution in [-0.2, 0) is 13.6 Å². The van der Waals surface area contributed by atoms with E-state index in [9.17, 15) is 4.79 Å². The minimum absolute atomic E-state index is 0.188. The third-order valence-corrected chi connectivity index (χ3v) is 4.89. The Balaban J connectivity index is 1.76. The predicted molar refractivity (Wildman–Crippen MR) is 112 cm³/mol. The number of carbonyl (C=O) groups is 1. The molecule has 0 saturated carbocycles. The molecule has 3 aromatic rings. The van der Waals surface area contributed by atoms with Gasteiger partial charge in [-0.15, -0.1) is 0 Å². The molecule has 0 atom stereocenters. The molecule has 3 rings (SSSR count). The van der Waals surface area contributed by atoms with Crippen molar-refractivity contribution in [3.63, 3.8) is 0 Å². The van der Waals surface area contributed by atoms with Crippen LogP contribution >= 0.6 is 0 Å². The van der Waals surface area contributed by atoms with Crippen LogP contribution in [0.5, 0.6) is 0 Å². The molecule has 142 valence electrons. The Labute approximate surface area is 162 Å². The van der Waals surface area contributed by atoms with Gasteiger partial charge in [-0.3, -0.25) is 9.69 Å². The molecule has 0 N–H and O–H groups in total. The Kier molecular flexibility index (Phi) is 6.43. The number of carbonyl (C=O) groups excluding carboxylic acids is 1. The molecular formula is C23H29N3O. The lowest BCUT2D eigenvalue weighted by molar-refractivity contribution is 0.0924. The molecular weight excluding hydrogens is 334 g/mol. The van der Waals surface area contributed by atoms with Crippen LogP contribution in [0.25, 0.3) is 10.9 Å². The molecule has 0 radical (unpaired) electrons. The van der Waals surface area contributed by atoms with Crippen LogP contribution < -0.4 is 0 Å². The Morgan fingerprint density at radius 2 is 1.67 bits per heavy atom. The fourth-order valence-corrected chi connectivity index (χ4v) is 3.52. The van der Waals surface area contributed by atoms with E-state index in [4.69, 9.17) is 0 Å². The normalized spacial score (nSPS) is 11.6. The van der Waals surface area contributed by atoms with E-state index in [1.165, 1.54) is 5.56 Å². The van der Waals surface area contributed by atoms with Gasteiger partial charge in [-0.25, -0.2) is 0 Å². The van der Waals surface area contributed by atoms with Crippen LogP contribution in [0.4, 0.5) is 0 Å². The second-order valence-corrected chi connectivity index (χ2v) is 7.45. The molecule has 1 aromatic heterocycles. The topological polar surface area (TPSA) is 28.5 Å². The van der Waals surface area contributed by atoms with Gasteiger partial charge in [0.15, 0.2) is 5.78 Å². The van der Waals surface area contributed by atoms with Crippen molar-refractivity contribution >= 4 is 16.7 Å². The molecule has 0 saturated heterocycles. The summed E-state index contributed by atoms with van der Waals surface area (Å²) in [5, 5.41) is 1.04. The van der Waals surface area contributed by atoms with Gasteiger partial charge in [-0.2, -0.15) is 0 Å². The molecule has 0 unspecified atom stereocenters. The highest BCUT2D eigenvalue weighted by molar-refractivity contribution is 6.09. The Bertz CT molecular complexity index is 883. The standard InChI is InChI=1S/C23H29N3O/c1-24(2)14-9-15-26(16-19-10-5-4-6-11-19)18-23(27)21-17-25(3)22-13-8-7-12-20(21)22/h4-8,10-13,17H,9,14-16,18H2,1-3H3. The molecule has 27 heavy (non-hydrogen) atoms. The van der Waals surface area contributed by atoms with E-state index < -0.39 is 0 Å². The van der Waals surface area contributed by atoms with Gasteiger partial charge in [0.1, 0.15) is 0 Å². The van der Waals surface area contributed by atoms with Crippen LogP contribution in [0.1, 0.15) is 22.3 Å². The summed E-state index contributed by atoms with van der Waals surface area (Å²) in [5.74, 6) is 0.188. The quantitative estimate of drug-likeness (QED) is 0.541. The van der Waals surface area contributed by atoms with Gasteiger partial charge < -0.3 is 9.47 Å². The van der Waals surface area contributed by atoms with Crippen molar-refractivity contribution in [3.05, 3.63) is 71.9 Å². The van der Waals surface area contributed by atoms with Crippen molar-refractivity contribution in [2.75, 3.05) is 33.7 Å². The first-order valence-corrected chi connectivity index (χ1v) is 9.53. The van der Waals surface area contributed by atoms with Crippen molar-refractivity contribution in [1.82, 2.24) is 14.4 Å². The molecule has 0 aliphatic rings. The maximum Gasteiger partial charge on any atom is 0.178 e. The van der Waals surface area contributed by atoms with Gasteiger partial charge in [0.05, 0.1) is 6.54 Å². The highest BCUT2D eigenvalue weighted by atomic mass is 16.1. The summed E-state index contributed by atoms with van der Waals surface area (Å²) in [7, 11) is 6.17. The van der Waals surface area contributed by atoms with Crippen molar-refractivity contribution in [2.24, 2.45) is 7.05 Å². The van der Waals surface area contributed by atoms with Gasteiger partial charge in [-0.1, -0.05) is 48.5 Å². The lowest BCUT2D eigenvalue weighted by Gasteiger charge is -2.22. The van der Waals surface area contributed by atoms with E-state index >= 15 is 0 Å². The number of rotatable bonds is 9. The molecule has 0 aliphatic carbocycles. The van der Waals surface area contributed by atoms with Crippen LogP contribution in [-0.4, -0.2) is 53.9 Å². The SMILES string of the molecule is CN(C)CCCN(CC(=O)c1cn(C)c2ccccc12)Cc1ccccc1. The zero-order chi connectivity index (χ0) is 19.2. The van der Waals surface area contributed by atoms with Crippen molar-refractivity contribution in [1.29, 1.82) is 0 Å². The largest absolute Gasteiger partial charge is 0.350 e. The maximum atomic E-state index is 13.1. The van der Waals surface area contributed by atoms with E-state index in [0.29, 0.717) is 6.54 Å². The number of aromatic nitrogens is 1. The molecule has 0 fully saturated rings. The Hall–Kier alpha value is -2.43. The van der Waals surface area contributed by atoms with E-state index in [1.807, 2.05) is 42.1 Å². The summed E-state index contributed by atoms with van der Waals surface area (Å²) < 4.78 is 2.04. The first kappa shape index (κ1) is 19.3. The number of ketones is 1. The monoisotopic (exact) mass is 363 g/mol. The Morgan fingerprint density at radius 1 is 0.963 bits per heavy atom. The number of nitrogens with zero attached hydrogens (tertiary/aromatic N) is 3. The number of fused-ring (bicyclic) bond motifs is 1. The van der Waals surface area contributed by atoms with Crippen LogP contribution in [0.3, 0.4) is 0 Å². The van der Waals surface area contributed by atoms with Gasteiger partial charge in [0.25, 0.3) is 0 Å². The van der Waals surface area contributed by atoms with Gasteiger partial charge in [0.2, 0.25) is 0 Å². The molecule has 0 amide bonds. The minimum atomic E-state index is 0.188. The number of benzene rings is 2. The summed E-state index contributed by atoms with van der Waals surface area (Å²) in [6, 6.07) is 18.5. The fourth-order valence-electron chi connectivity index (χ4n) is 3.52. The van der Waals surface area contributed by atoms with Gasteiger partial charge in [0, 0.05) is 42.8 Å². The second kappa shape index (κ2) is 8.98. The van der Waals surface area contributed by atoms with Crippen molar-refractivity contribution < 1.29 is 4.79 Å². The first-order chi connectivity index (χ1) is 13.0. The molecule has 0 bridgehead atoms. The zero-order valence-electron chi connectivity index (χ0n) is 16.6. The average molecular weight is 364 g/mol. The van der Waals surface area contributed by atoms with Crippen LogP contribution in [0.2, 0.25) is 0 Å². The van der Waals surface area contributed by atoms with E-state index in [2.05, 4.69) is 54.2 Å². The smallest absolute Gasteiger partial charge is 0.178 e. The summed E-state index contributed by atoms with van der Waals surface area (Å²) in [5.41, 5.74) is 3.16. The van der Waals surface area contributed by atoms with Gasteiger partial charge >= 0.3 is 0 Å². The zero-order valence-corrected chi connectivity index (χ0v) is 16.6. The third-order valence-electron chi connectivity index (χ3n) is 4.89. The lowest BCUT2D eigenvalue weighted by Crippen LogP contribution is -2.32. The number of Topliss-reactive ketones (excluding diaryl/α,β-unsaturated/α-hetero) is 1. The van der Waals surface area contributed by atoms with E-state index in [0.717, 1.165) is 42.5 Å². The predicted octanol–water partition coefficient (Wildman–Crippen LogP) is 3.81. The Morgan fingerprint density at radius 3 is 2.41 bits per heavy atom. The maximum absolute atomic E-state index is 13.1. The fraction of sp³-hybridized carbons (Fsp3) is 0.348. The molecule has 0 aliphatic heterocycles. The highest BCUT2D eigenvalue weighted by Gasteiger charge is 2.17. The van der Waals surface area contributed by atoms with Crippen LogP contribution in [0, 0.1) is 0 Å². The number of hydrogen-bond acceptors (Lipinski definition) is 3. The van der Waals surface area contributed by atoms with Crippen molar-refractivity contribution in [3.8, 4) is 0 Å². The van der Waals surface area contributed by atoms with Gasteiger partial charge in [-0.05, 0) is 38.7 Å². The molecule has 0 spiro atoms. The van der Waals surface area contributed by atoms with E-state index in [-0.39, 0.29) is 5.78 Å². The summed E-state index contributed by atoms with van der Waals surface area (Å²) in [6.45, 7) is 3.17. The molecule has 2 aromatic carbocycles. The number of aryl methyl sites for hydroxylation is 1. The minimum Gasteiger partial charge on any atom is -0.350 e. The lowest BCUT2D eigenvalue weighted by atomic mass is 10.1. The highest BCUT2D eigenvalue weighted by Crippen LogP contribution is 2.21. The average Bonchev–Trinajstić information content (AvgIpc) is 2.99. The summed E-state index contributed by atoms with van der Waals surface area (Å²) in [4.78, 5) is 17.6. The molecule has 1 heterocycles. The van der Waals surface area contributed by atoms with Crippen molar-refractivity contribution in [2.45, 2.75) is 13.0 Å². The summed E-state index contributed by atoms with van der Waals surface area (Å²) in [6.07, 6.45) is 3.01. The van der Waals surface area contributed by atoms with E-state index in [1.54, 1.807) is 0 Å². The molecule has 4 heteroatoms. The second-order valence-electron chi connectivity index (χ2n) is 7.45. The number of para-hydroxylation sites is 1. The first-order valence-electron chi connectivity index (χ1n) is 9.53. The molecule has 4 nitrogen and oxygen atoms in total.